The molecular formula is C60H109NO13. The van der Waals surface area contributed by atoms with E-state index in [0.29, 0.717) is 12.8 Å². The molecule has 0 aromatic heterocycles. The highest BCUT2D eigenvalue weighted by atomic mass is 16.7. The van der Waals surface area contributed by atoms with Crippen LogP contribution in [0.15, 0.2) is 48.6 Å². The lowest BCUT2D eigenvalue weighted by atomic mass is 9.97. The number of ether oxygens (including phenoxy) is 4. The van der Waals surface area contributed by atoms with Crippen molar-refractivity contribution in [2.24, 2.45) is 0 Å². The summed E-state index contributed by atoms with van der Waals surface area (Å²) in [4.78, 5) is 13.2. The van der Waals surface area contributed by atoms with Crippen LogP contribution in [0, 0.1) is 0 Å². The van der Waals surface area contributed by atoms with E-state index in [0.717, 1.165) is 51.4 Å². The number of aliphatic hydroxyl groups is 8. The maximum atomic E-state index is 13.2. The third kappa shape index (κ3) is 31.4. The van der Waals surface area contributed by atoms with Gasteiger partial charge in [-0.2, -0.15) is 0 Å². The fourth-order valence-corrected chi connectivity index (χ4v) is 9.62. The molecule has 0 aliphatic carbocycles. The lowest BCUT2D eigenvalue weighted by Crippen LogP contribution is -2.65. The minimum Gasteiger partial charge on any atom is -0.394 e. The van der Waals surface area contributed by atoms with E-state index >= 15 is 0 Å². The normalized spacial score (nSPS) is 25.5. The number of carbonyl (C=O) groups excluding carboxylic acids is 1. The Morgan fingerprint density at radius 1 is 0.473 bits per heavy atom. The van der Waals surface area contributed by atoms with Crippen LogP contribution in [0.2, 0.25) is 0 Å². The van der Waals surface area contributed by atoms with Crippen molar-refractivity contribution in [3.63, 3.8) is 0 Å². The van der Waals surface area contributed by atoms with Gasteiger partial charge in [0.25, 0.3) is 0 Å². The van der Waals surface area contributed by atoms with Crippen molar-refractivity contribution < 1.29 is 64.6 Å². The standard InChI is InChI=1S/C60H109NO13/c1-3-5-7-9-11-13-15-16-17-18-19-20-21-22-23-24-25-26-27-28-29-30-31-32-34-36-38-40-42-44-52(65)61-48(49(64)43-41-39-37-35-33-14-12-10-8-6-4-2)47-71-59-57(70)55(68)58(51(46-63)73-59)74-60-56(69)54(67)53(66)50(45-62)72-60/h8,10,18-19,33,35,41,43,48-51,53-60,62-64,66-70H,3-7,9,11-17,20-32,34,36-40,42,44-47H2,1-2H3,(H,61,65)/b10-8+,19-18-,35-33+,43-41+. The summed E-state index contributed by atoms with van der Waals surface area (Å²) >= 11 is 0. The van der Waals surface area contributed by atoms with Crippen molar-refractivity contribution >= 4 is 5.91 Å². The monoisotopic (exact) mass is 1050 g/mol. The van der Waals surface area contributed by atoms with Crippen LogP contribution in [0.4, 0.5) is 0 Å². The van der Waals surface area contributed by atoms with Crippen molar-refractivity contribution in [2.75, 3.05) is 19.8 Å². The van der Waals surface area contributed by atoms with E-state index in [1.807, 2.05) is 6.08 Å². The molecule has 2 heterocycles. The third-order valence-electron chi connectivity index (χ3n) is 14.4. The van der Waals surface area contributed by atoms with Gasteiger partial charge in [0, 0.05) is 6.42 Å². The van der Waals surface area contributed by atoms with Crippen molar-refractivity contribution in [1.82, 2.24) is 5.32 Å². The van der Waals surface area contributed by atoms with E-state index in [4.69, 9.17) is 18.9 Å². The van der Waals surface area contributed by atoms with Crippen molar-refractivity contribution in [2.45, 2.75) is 306 Å². The molecule has 2 aliphatic heterocycles. The number of hydrogen-bond donors (Lipinski definition) is 9. The zero-order valence-corrected chi connectivity index (χ0v) is 46.3. The molecule has 12 unspecified atom stereocenters. The molecule has 14 nitrogen and oxygen atoms in total. The molecule has 74 heavy (non-hydrogen) atoms. The molecule has 9 N–H and O–H groups in total. The van der Waals surface area contributed by atoms with Gasteiger partial charge in [-0.25, -0.2) is 0 Å². The van der Waals surface area contributed by atoms with Gasteiger partial charge in [0.05, 0.1) is 32.0 Å². The third-order valence-corrected chi connectivity index (χ3v) is 14.4. The van der Waals surface area contributed by atoms with Crippen LogP contribution in [0.25, 0.3) is 0 Å². The minimum absolute atomic E-state index is 0.254. The van der Waals surface area contributed by atoms with Crippen LogP contribution in [0.1, 0.15) is 232 Å². The molecular weight excluding hydrogens is 943 g/mol. The Morgan fingerprint density at radius 3 is 1.38 bits per heavy atom. The molecule has 0 bridgehead atoms. The van der Waals surface area contributed by atoms with Crippen LogP contribution in [-0.2, 0) is 23.7 Å². The van der Waals surface area contributed by atoms with Crippen molar-refractivity contribution in [1.29, 1.82) is 0 Å². The summed E-state index contributed by atoms with van der Waals surface area (Å²) in [5.74, 6) is -0.254. The van der Waals surface area contributed by atoms with Gasteiger partial charge >= 0.3 is 0 Å². The summed E-state index contributed by atoms with van der Waals surface area (Å²) in [7, 11) is 0. The summed E-state index contributed by atoms with van der Waals surface area (Å²) in [5.41, 5.74) is 0. The van der Waals surface area contributed by atoms with E-state index in [1.165, 1.54) is 148 Å². The second-order valence-electron chi connectivity index (χ2n) is 21.1. The maximum absolute atomic E-state index is 13.2. The first-order valence-corrected chi connectivity index (χ1v) is 29.9. The molecule has 0 aromatic rings. The van der Waals surface area contributed by atoms with Crippen LogP contribution in [0.5, 0.6) is 0 Å². The van der Waals surface area contributed by atoms with Crippen LogP contribution >= 0.6 is 0 Å². The zero-order chi connectivity index (χ0) is 53.9. The second kappa shape index (κ2) is 45.9. The fourth-order valence-electron chi connectivity index (χ4n) is 9.62. The Bertz CT molecular complexity index is 1430. The predicted molar refractivity (Wildman–Crippen MR) is 295 cm³/mol. The number of nitrogens with one attached hydrogen (secondary N) is 1. The first-order chi connectivity index (χ1) is 36.1. The average Bonchev–Trinajstić information content (AvgIpc) is 3.40. The SMILES string of the molecule is CCC/C=C/CC/C=C/CC/C=C/C(O)C(COC1OC(CO)C(OC2OC(CO)C(O)C(O)C2O)C(O)C1O)NC(=O)CCCCCCCCCCCCCCCCCCC/C=C\CCCCCCCCCC. The van der Waals surface area contributed by atoms with Gasteiger partial charge in [0.1, 0.15) is 48.8 Å². The summed E-state index contributed by atoms with van der Waals surface area (Å²) in [6, 6.07) is -0.936. The second-order valence-corrected chi connectivity index (χ2v) is 21.1. The van der Waals surface area contributed by atoms with Crippen molar-refractivity contribution in [3.8, 4) is 0 Å². The first kappa shape index (κ1) is 68.1. The number of rotatable bonds is 47. The number of unbranched alkanes of at least 4 members (excludes halogenated alkanes) is 28. The highest BCUT2D eigenvalue weighted by molar-refractivity contribution is 5.76. The Morgan fingerprint density at radius 2 is 0.892 bits per heavy atom. The Kier molecular flexibility index (Phi) is 42.2. The highest BCUT2D eigenvalue weighted by Gasteiger charge is 2.51. The van der Waals surface area contributed by atoms with Crippen LogP contribution < -0.4 is 5.32 Å². The molecule has 0 radical (unpaired) electrons. The van der Waals surface area contributed by atoms with E-state index in [1.54, 1.807) is 6.08 Å². The van der Waals surface area contributed by atoms with Gasteiger partial charge in [-0.15, -0.1) is 0 Å². The molecule has 2 fully saturated rings. The maximum Gasteiger partial charge on any atom is 0.220 e. The number of hydrogen-bond acceptors (Lipinski definition) is 13. The average molecular weight is 1050 g/mol. The largest absolute Gasteiger partial charge is 0.394 e. The van der Waals surface area contributed by atoms with Crippen molar-refractivity contribution in [3.05, 3.63) is 48.6 Å². The predicted octanol–water partition coefficient (Wildman–Crippen LogP) is 10.0. The molecule has 12 atom stereocenters. The van der Waals surface area contributed by atoms with Crippen LogP contribution in [-0.4, -0.2) is 140 Å². The topological polar surface area (TPSA) is 228 Å². The van der Waals surface area contributed by atoms with E-state index in [2.05, 4.69) is 55.6 Å². The van der Waals surface area contributed by atoms with E-state index in [9.17, 15) is 45.6 Å². The number of allylic oxidation sites excluding steroid dienone is 7. The molecule has 2 saturated heterocycles. The molecule has 14 heteroatoms. The number of aliphatic hydroxyl groups excluding tert-OH is 8. The summed E-state index contributed by atoms with van der Waals surface area (Å²) < 4.78 is 22.7. The van der Waals surface area contributed by atoms with Gasteiger partial charge in [0.15, 0.2) is 12.6 Å². The van der Waals surface area contributed by atoms with Gasteiger partial charge in [-0.1, -0.05) is 210 Å². The lowest BCUT2D eigenvalue weighted by Gasteiger charge is -2.46. The van der Waals surface area contributed by atoms with Gasteiger partial charge < -0.3 is 65.1 Å². The van der Waals surface area contributed by atoms with Gasteiger partial charge in [-0.05, 0) is 64.2 Å². The lowest BCUT2D eigenvalue weighted by molar-refractivity contribution is -0.359. The quantitative estimate of drug-likeness (QED) is 0.0205. The highest BCUT2D eigenvalue weighted by Crippen LogP contribution is 2.30. The molecule has 0 spiro atoms. The number of amides is 1. The molecule has 2 aliphatic rings. The molecule has 0 saturated carbocycles. The first-order valence-electron chi connectivity index (χ1n) is 29.9. The Labute approximate surface area is 448 Å². The Hall–Kier alpha value is -2.05. The van der Waals surface area contributed by atoms with E-state index in [-0.39, 0.29) is 18.9 Å². The molecule has 1 amide bonds. The summed E-state index contributed by atoms with van der Waals surface area (Å²) in [6.45, 7) is 2.69. The van der Waals surface area contributed by atoms with E-state index < -0.39 is 86.8 Å². The summed E-state index contributed by atoms with van der Waals surface area (Å²) in [6.07, 6.45) is 40.4. The number of carbonyl (C=O) groups is 1. The molecule has 2 rings (SSSR count). The molecule has 432 valence electrons. The zero-order valence-electron chi connectivity index (χ0n) is 46.3. The summed E-state index contributed by atoms with van der Waals surface area (Å²) in [5, 5.41) is 86.8. The minimum atomic E-state index is -1.79. The molecule has 0 aromatic carbocycles. The van der Waals surface area contributed by atoms with Crippen LogP contribution in [0.3, 0.4) is 0 Å². The van der Waals surface area contributed by atoms with Gasteiger partial charge in [-0.3, -0.25) is 4.79 Å². The fraction of sp³-hybridized carbons (Fsp3) is 0.850. The van der Waals surface area contributed by atoms with Gasteiger partial charge in [0.2, 0.25) is 5.91 Å². The Balaban J connectivity index is 1.66. The smallest absolute Gasteiger partial charge is 0.220 e.